The van der Waals surface area contributed by atoms with E-state index >= 15 is 0 Å². The van der Waals surface area contributed by atoms with E-state index in [1.807, 2.05) is 0 Å². The van der Waals surface area contributed by atoms with Crippen LogP contribution in [0.1, 0.15) is 41.9 Å². The third-order valence-corrected chi connectivity index (χ3v) is 2.73. The van der Waals surface area contributed by atoms with Crippen molar-refractivity contribution < 1.29 is 13.9 Å². The Bertz CT molecular complexity index is 356. The van der Waals surface area contributed by atoms with E-state index in [0.717, 1.165) is 25.9 Å². The van der Waals surface area contributed by atoms with Gasteiger partial charge in [0, 0.05) is 12.5 Å². The zero-order chi connectivity index (χ0) is 11.4. The fourth-order valence-electron chi connectivity index (χ4n) is 1.97. The molecule has 0 aromatic carbocycles. The highest BCUT2D eigenvalue weighted by Gasteiger charge is 2.26. The third kappa shape index (κ3) is 2.24. The maximum atomic E-state index is 11.6. The molecule has 0 aliphatic carbocycles. The van der Waals surface area contributed by atoms with Gasteiger partial charge in [-0.1, -0.05) is 0 Å². The summed E-state index contributed by atoms with van der Waals surface area (Å²) >= 11 is 0. The molecular weight excluding hydrogens is 208 g/mol. The third-order valence-electron chi connectivity index (χ3n) is 2.73. The molecule has 1 aromatic rings. The molecule has 1 aliphatic rings. The summed E-state index contributed by atoms with van der Waals surface area (Å²) < 4.78 is 10.3. The lowest BCUT2D eigenvalue weighted by Gasteiger charge is -2.20. The summed E-state index contributed by atoms with van der Waals surface area (Å²) in [6, 6.07) is 0. The summed E-state index contributed by atoms with van der Waals surface area (Å²) in [7, 11) is 0. The number of carbonyl (C=O) groups is 1. The number of hydrogen-bond acceptors (Lipinski definition) is 5. The SMILES string of the molecule is CCOC(=O)c1ncoc1C1CCCNC1. The van der Waals surface area contributed by atoms with Crippen LogP contribution >= 0.6 is 0 Å². The van der Waals surface area contributed by atoms with Gasteiger partial charge in [0.05, 0.1) is 6.61 Å². The van der Waals surface area contributed by atoms with Crippen LogP contribution in [0.4, 0.5) is 0 Å². The lowest BCUT2D eigenvalue weighted by Crippen LogP contribution is -2.29. The number of oxazole rings is 1. The molecule has 2 rings (SSSR count). The van der Waals surface area contributed by atoms with E-state index in [1.54, 1.807) is 6.92 Å². The van der Waals surface area contributed by atoms with Crippen LogP contribution in [0.3, 0.4) is 0 Å². The molecule has 16 heavy (non-hydrogen) atoms. The Morgan fingerprint density at radius 1 is 1.75 bits per heavy atom. The first-order chi connectivity index (χ1) is 7.83. The molecule has 1 saturated heterocycles. The molecule has 0 amide bonds. The van der Waals surface area contributed by atoms with Crippen molar-refractivity contribution in [1.29, 1.82) is 0 Å². The fraction of sp³-hybridized carbons (Fsp3) is 0.636. The van der Waals surface area contributed by atoms with Crippen molar-refractivity contribution in [3.63, 3.8) is 0 Å². The Hall–Kier alpha value is -1.36. The molecular formula is C11H16N2O3. The van der Waals surface area contributed by atoms with Crippen LogP contribution < -0.4 is 5.32 Å². The lowest BCUT2D eigenvalue weighted by molar-refractivity contribution is 0.0516. The van der Waals surface area contributed by atoms with E-state index in [9.17, 15) is 4.79 Å². The van der Waals surface area contributed by atoms with E-state index in [4.69, 9.17) is 9.15 Å². The Balaban J connectivity index is 2.14. The van der Waals surface area contributed by atoms with Crippen molar-refractivity contribution in [2.45, 2.75) is 25.7 Å². The topological polar surface area (TPSA) is 64.4 Å². The maximum absolute atomic E-state index is 11.6. The van der Waals surface area contributed by atoms with Crippen molar-refractivity contribution in [3.8, 4) is 0 Å². The van der Waals surface area contributed by atoms with Gasteiger partial charge in [0.1, 0.15) is 5.76 Å². The summed E-state index contributed by atoms with van der Waals surface area (Å²) in [5.41, 5.74) is 0.329. The second-order valence-electron chi connectivity index (χ2n) is 3.83. The molecule has 5 nitrogen and oxygen atoms in total. The average molecular weight is 224 g/mol. The van der Waals surface area contributed by atoms with Gasteiger partial charge in [-0.05, 0) is 26.3 Å². The molecule has 0 radical (unpaired) electrons. The maximum Gasteiger partial charge on any atom is 0.360 e. The zero-order valence-corrected chi connectivity index (χ0v) is 9.36. The first-order valence-electron chi connectivity index (χ1n) is 5.64. The molecule has 88 valence electrons. The van der Waals surface area contributed by atoms with Crippen LogP contribution in [0.5, 0.6) is 0 Å². The lowest BCUT2D eigenvalue weighted by atomic mass is 9.96. The summed E-state index contributed by atoms with van der Waals surface area (Å²) in [5, 5.41) is 3.28. The molecule has 1 N–H and O–H groups in total. The van der Waals surface area contributed by atoms with Crippen LogP contribution in [0.2, 0.25) is 0 Å². The van der Waals surface area contributed by atoms with Crippen molar-refractivity contribution in [2.24, 2.45) is 0 Å². The van der Waals surface area contributed by atoms with Crippen molar-refractivity contribution in [2.75, 3.05) is 19.7 Å². The molecule has 0 bridgehead atoms. The Kier molecular flexibility index (Phi) is 3.56. The molecule has 2 heterocycles. The van der Waals surface area contributed by atoms with Crippen molar-refractivity contribution >= 4 is 5.97 Å². The summed E-state index contributed by atoms with van der Waals surface area (Å²) in [6.07, 6.45) is 3.43. The fourth-order valence-corrected chi connectivity index (χ4v) is 1.97. The quantitative estimate of drug-likeness (QED) is 0.784. The number of nitrogens with one attached hydrogen (secondary N) is 1. The van der Waals surface area contributed by atoms with E-state index in [-0.39, 0.29) is 5.92 Å². The number of hydrogen-bond donors (Lipinski definition) is 1. The number of piperidine rings is 1. The summed E-state index contributed by atoms with van der Waals surface area (Å²) in [5.74, 6) is 0.498. The summed E-state index contributed by atoms with van der Waals surface area (Å²) in [4.78, 5) is 15.5. The minimum Gasteiger partial charge on any atom is -0.461 e. The highest BCUT2D eigenvalue weighted by molar-refractivity contribution is 5.88. The van der Waals surface area contributed by atoms with Gasteiger partial charge in [0.25, 0.3) is 0 Å². The van der Waals surface area contributed by atoms with Gasteiger partial charge in [0.15, 0.2) is 12.1 Å². The van der Waals surface area contributed by atoms with Crippen LogP contribution in [-0.2, 0) is 4.74 Å². The Morgan fingerprint density at radius 3 is 3.31 bits per heavy atom. The Morgan fingerprint density at radius 2 is 2.62 bits per heavy atom. The normalized spacial score (nSPS) is 20.7. The molecule has 5 heteroatoms. The van der Waals surface area contributed by atoms with Crippen LogP contribution in [0.15, 0.2) is 10.8 Å². The number of carbonyl (C=O) groups excluding carboxylic acids is 1. The first-order valence-corrected chi connectivity index (χ1v) is 5.64. The van der Waals surface area contributed by atoms with Gasteiger partial charge in [-0.2, -0.15) is 0 Å². The highest BCUT2D eigenvalue weighted by atomic mass is 16.5. The standard InChI is InChI=1S/C11H16N2O3/c1-2-15-11(14)9-10(16-7-13-9)8-4-3-5-12-6-8/h7-8,12H,2-6H2,1H3. The van der Waals surface area contributed by atoms with Gasteiger partial charge >= 0.3 is 5.97 Å². The smallest absolute Gasteiger partial charge is 0.360 e. The van der Waals surface area contributed by atoms with E-state index in [1.165, 1.54) is 6.39 Å². The second-order valence-corrected chi connectivity index (χ2v) is 3.83. The number of ether oxygens (including phenoxy) is 1. The molecule has 0 spiro atoms. The minimum absolute atomic E-state index is 0.232. The largest absolute Gasteiger partial charge is 0.461 e. The monoisotopic (exact) mass is 224 g/mol. The molecule has 1 atom stereocenters. The van der Waals surface area contributed by atoms with Gasteiger partial charge in [-0.3, -0.25) is 0 Å². The number of rotatable bonds is 3. The molecule has 1 aromatic heterocycles. The minimum atomic E-state index is -0.392. The Labute approximate surface area is 94.2 Å². The first kappa shape index (κ1) is 11.1. The number of aromatic nitrogens is 1. The summed E-state index contributed by atoms with van der Waals surface area (Å²) in [6.45, 7) is 3.99. The van der Waals surface area contributed by atoms with Crippen LogP contribution in [-0.4, -0.2) is 30.6 Å². The second kappa shape index (κ2) is 5.12. The zero-order valence-electron chi connectivity index (χ0n) is 9.36. The molecule has 1 aliphatic heterocycles. The predicted octanol–water partition coefficient (Wildman–Crippen LogP) is 1.32. The molecule has 1 unspecified atom stereocenters. The average Bonchev–Trinajstić information content (AvgIpc) is 2.79. The highest BCUT2D eigenvalue weighted by Crippen LogP contribution is 2.26. The van der Waals surface area contributed by atoms with E-state index in [2.05, 4.69) is 10.3 Å². The van der Waals surface area contributed by atoms with Gasteiger partial charge in [-0.15, -0.1) is 0 Å². The van der Waals surface area contributed by atoms with E-state index < -0.39 is 5.97 Å². The van der Waals surface area contributed by atoms with Gasteiger partial charge < -0.3 is 14.5 Å². The van der Waals surface area contributed by atoms with Gasteiger partial charge in [-0.25, -0.2) is 9.78 Å². The van der Waals surface area contributed by atoms with Crippen molar-refractivity contribution in [3.05, 3.63) is 17.8 Å². The molecule has 1 fully saturated rings. The van der Waals surface area contributed by atoms with Crippen LogP contribution in [0.25, 0.3) is 0 Å². The van der Waals surface area contributed by atoms with Crippen molar-refractivity contribution in [1.82, 2.24) is 10.3 Å². The van der Waals surface area contributed by atoms with Gasteiger partial charge in [0.2, 0.25) is 0 Å². The number of nitrogens with zero attached hydrogens (tertiary/aromatic N) is 1. The van der Waals surface area contributed by atoms with E-state index in [0.29, 0.717) is 18.1 Å². The molecule has 0 saturated carbocycles. The number of esters is 1. The van der Waals surface area contributed by atoms with Crippen LogP contribution in [0, 0.1) is 0 Å². The predicted molar refractivity (Wildman–Crippen MR) is 57.3 cm³/mol.